The molecule has 0 aliphatic carbocycles. The molecule has 1 atom stereocenters. The van der Waals surface area contributed by atoms with Gasteiger partial charge in [-0.1, -0.05) is 48.5 Å². The Hall–Kier alpha value is -2.66. The minimum Gasteiger partial charge on any atom is -0.488 e. The number of thiazole rings is 1. The maximum atomic E-state index is 12.4. The SMILES string of the molecule is O=C(NC[C@H]1CCc2ccccc2O1)c1csc(Cc2ccccc2)n1. The molecule has 0 fully saturated rings. The Balaban J connectivity index is 1.32. The molecular weight excluding hydrogens is 344 g/mol. The fourth-order valence-electron chi connectivity index (χ4n) is 3.09. The molecule has 1 amide bonds. The average molecular weight is 364 g/mol. The van der Waals surface area contributed by atoms with Gasteiger partial charge in [-0.25, -0.2) is 4.98 Å². The second kappa shape index (κ2) is 7.70. The van der Waals surface area contributed by atoms with Crippen molar-refractivity contribution in [1.82, 2.24) is 10.3 Å². The number of aryl methyl sites for hydroxylation is 1. The van der Waals surface area contributed by atoms with Gasteiger partial charge in [-0.15, -0.1) is 11.3 Å². The Morgan fingerprint density at radius 2 is 1.96 bits per heavy atom. The van der Waals surface area contributed by atoms with Gasteiger partial charge in [0.05, 0.1) is 11.6 Å². The first-order valence-electron chi connectivity index (χ1n) is 8.79. The number of hydrogen-bond donors (Lipinski definition) is 1. The van der Waals surface area contributed by atoms with E-state index in [1.165, 1.54) is 22.5 Å². The van der Waals surface area contributed by atoms with Gasteiger partial charge >= 0.3 is 0 Å². The number of carbonyl (C=O) groups excluding carboxylic acids is 1. The lowest BCUT2D eigenvalue weighted by Crippen LogP contribution is -2.37. The molecule has 132 valence electrons. The molecule has 0 unspecified atom stereocenters. The number of carbonyl (C=O) groups is 1. The van der Waals surface area contributed by atoms with Crippen LogP contribution in [-0.2, 0) is 12.8 Å². The number of fused-ring (bicyclic) bond motifs is 1. The molecule has 4 nitrogen and oxygen atoms in total. The summed E-state index contributed by atoms with van der Waals surface area (Å²) in [5, 5.41) is 5.73. The molecule has 2 heterocycles. The van der Waals surface area contributed by atoms with Crippen molar-refractivity contribution in [2.45, 2.75) is 25.4 Å². The van der Waals surface area contributed by atoms with E-state index in [-0.39, 0.29) is 12.0 Å². The fourth-order valence-corrected chi connectivity index (χ4v) is 3.90. The Labute approximate surface area is 156 Å². The summed E-state index contributed by atoms with van der Waals surface area (Å²) in [5.74, 6) is 0.792. The van der Waals surface area contributed by atoms with E-state index >= 15 is 0 Å². The van der Waals surface area contributed by atoms with Crippen molar-refractivity contribution in [3.8, 4) is 5.75 Å². The molecule has 2 aromatic carbocycles. The quantitative estimate of drug-likeness (QED) is 0.748. The highest BCUT2D eigenvalue weighted by Crippen LogP contribution is 2.26. The lowest BCUT2D eigenvalue weighted by Gasteiger charge is -2.26. The van der Waals surface area contributed by atoms with Crippen LogP contribution in [-0.4, -0.2) is 23.5 Å². The topological polar surface area (TPSA) is 51.2 Å². The summed E-state index contributed by atoms with van der Waals surface area (Å²) in [6.45, 7) is 0.499. The molecule has 1 N–H and O–H groups in total. The number of aromatic nitrogens is 1. The summed E-state index contributed by atoms with van der Waals surface area (Å²) in [6, 6.07) is 18.2. The van der Waals surface area contributed by atoms with E-state index in [1.807, 2.05) is 41.8 Å². The zero-order valence-corrected chi connectivity index (χ0v) is 15.2. The van der Waals surface area contributed by atoms with Gasteiger partial charge < -0.3 is 10.1 Å². The van der Waals surface area contributed by atoms with Crippen LogP contribution in [0.15, 0.2) is 60.0 Å². The van der Waals surface area contributed by atoms with Crippen molar-refractivity contribution in [1.29, 1.82) is 0 Å². The van der Waals surface area contributed by atoms with Crippen LogP contribution in [0.4, 0.5) is 0 Å². The van der Waals surface area contributed by atoms with Gasteiger partial charge in [0.25, 0.3) is 5.91 Å². The summed E-state index contributed by atoms with van der Waals surface area (Å²) in [5.41, 5.74) is 2.92. The second-order valence-electron chi connectivity index (χ2n) is 6.39. The fraction of sp³-hybridized carbons (Fsp3) is 0.238. The smallest absolute Gasteiger partial charge is 0.270 e. The molecule has 1 aliphatic heterocycles. The number of hydrogen-bond acceptors (Lipinski definition) is 4. The molecule has 3 aromatic rings. The molecule has 1 aromatic heterocycles. The first kappa shape index (κ1) is 16.8. The molecule has 5 heteroatoms. The van der Waals surface area contributed by atoms with Crippen molar-refractivity contribution in [2.75, 3.05) is 6.54 Å². The van der Waals surface area contributed by atoms with E-state index < -0.39 is 0 Å². The van der Waals surface area contributed by atoms with E-state index in [1.54, 1.807) is 0 Å². The number of para-hydroxylation sites is 1. The highest BCUT2D eigenvalue weighted by atomic mass is 32.1. The van der Waals surface area contributed by atoms with Gasteiger partial charge in [0.1, 0.15) is 17.5 Å². The molecule has 0 bridgehead atoms. The Kier molecular flexibility index (Phi) is 4.97. The number of rotatable bonds is 5. The van der Waals surface area contributed by atoms with Crippen molar-refractivity contribution >= 4 is 17.2 Å². The standard InChI is InChI=1S/C21H20N2O2S/c24-21(18-14-26-20(23-18)12-15-6-2-1-3-7-15)22-13-17-11-10-16-8-4-5-9-19(16)25-17/h1-9,14,17H,10-13H2,(H,22,24)/t17-/m1/s1. The second-order valence-corrected chi connectivity index (χ2v) is 7.33. The highest BCUT2D eigenvalue weighted by Gasteiger charge is 2.20. The van der Waals surface area contributed by atoms with Gasteiger partial charge in [0.2, 0.25) is 0 Å². The average Bonchev–Trinajstić information content (AvgIpc) is 3.15. The number of ether oxygens (including phenoxy) is 1. The molecule has 0 saturated heterocycles. The summed E-state index contributed by atoms with van der Waals surface area (Å²) >= 11 is 1.52. The zero-order valence-electron chi connectivity index (χ0n) is 14.4. The zero-order chi connectivity index (χ0) is 17.8. The van der Waals surface area contributed by atoms with Crippen molar-refractivity contribution in [3.63, 3.8) is 0 Å². The molecule has 0 saturated carbocycles. The first-order valence-corrected chi connectivity index (χ1v) is 9.67. The van der Waals surface area contributed by atoms with E-state index in [0.717, 1.165) is 30.0 Å². The van der Waals surface area contributed by atoms with Crippen molar-refractivity contribution < 1.29 is 9.53 Å². The van der Waals surface area contributed by atoms with Crippen LogP contribution in [0.1, 0.15) is 33.0 Å². The lowest BCUT2D eigenvalue weighted by molar-refractivity contribution is 0.0914. The first-order chi connectivity index (χ1) is 12.8. The van der Waals surface area contributed by atoms with Crippen molar-refractivity contribution in [2.24, 2.45) is 0 Å². The van der Waals surface area contributed by atoms with E-state index in [2.05, 4.69) is 28.5 Å². The Morgan fingerprint density at radius 3 is 2.85 bits per heavy atom. The Morgan fingerprint density at radius 1 is 1.15 bits per heavy atom. The molecular formula is C21H20N2O2S. The minimum absolute atomic E-state index is 0.0104. The van der Waals surface area contributed by atoms with E-state index in [4.69, 9.17) is 4.74 Å². The largest absolute Gasteiger partial charge is 0.488 e. The lowest BCUT2D eigenvalue weighted by atomic mass is 10.0. The summed E-state index contributed by atoms with van der Waals surface area (Å²) in [4.78, 5) is 16.8. The molecule has 1 aliphatic rings. The van der Waals surface area contributed by atoms with E-state index in [9.17, 15) is 4.79 Å². The van der Waals surface area contributed by atoms with Crippen molar-refractivity contribution in [3.05, 3.63) is 81.8 Å². The van der Waals surface area contributed by atoms with Gasteiger partial charge in [0.15, 0.2) is 0 Å². The third-order valence-corrected chi connectivity index (χ3v) is 5.32. The van der Waals surface area contributed by atoms with Crippen LogP contribution >= 0.6 is 11.3 Å². The van der Waals surface area contributed by atoms with Crippen LogP contribution in [0.2, 0.25) is 0 Å². The summed E-state index contributed by atoms with van der Waals surface area (Å²) < 4.78 is 5.97. The molecule has 26 heavy (non-hydrogen) atoms. The van der Waals surface area contributed by atoms with Crippen LogP contribution < -0.4 is 10.1 Å². The summed E-state index contributed by atoms with van der Waals surface area (Å²) in [6.07, 6.45) is 2.65. The van der Waals surface area contributed by atoms with Gasteiger partial charge in [0, 0.05) is 11.8 Å². The van der Waals surface area contributed by atoms with Gasteiger partial charge in [-0.3, -0.25) is 4.79 Å². The highest BCUT2D eigenvalue weighted by molar-refractivity contribution is 7.09. The normalized spacial score (nSPS) is 15.8. The van der Waals surface area contributed by atoms with Crippen LogP contribution in [0.3, 0.4) is 0 Å². The van der Waals surface area contributed by atoms with Crippen LogP contribution in [0, 0.1) is 0 Å². The number of nitrogens with zero attached hydrogens (tertiary/aromatic N) is 1. The van der Waals surface area contributed by atoms with Crippen LogP contribution in [0.5, 0.6) is 5.75 Å². The maximum Gasteiger partial charge on any atom is 0.270 e. The third-order valence-electron chi connectivity index (χ3n) is 4.47. The maximum absolute atomic E-state index is 12.4. The van der Waals surface area contributed by atoms with Gasteiger partial charge in [-0.05, 0) is 30.0 Å². The summed E-state index contributed by atoms with van der Waals surface area (Å²) in [7, 11) is 0. The number of benzene rings is 2. The predicted octanol–water partition coefficient (Wildman–Crippen LogP) is 3.86. The van der Waals surface area contributed by atoms with Crippen LogP contribution in [0.25, 0.3) is 0 Å². The molecule has 4 rings (SSSR count). The molecule has 0 spiro atoms. The van der Waals surface area contributed by atoms with Gasteiger partial charge in [-0.2, -0.15) is 0 Å². The van der Waals surface area contributed by atoms with E-state index in [0.29, 0.717) is 12.2 Å². The molecule has 0 radical (unpaired) electrons. The Bertz CT molecular complexity index is 892. The number of amides is 1. The number of nitrogens with one attached hydrogen (secondary N) is 1. The predicted molar refractivity (Wildman–Crippen MR) is 103 cm³/mol. The minimum atomic E-state index is -0.136. The monoisotopic (exact) mass is 364 g/mol. The third kappa shape index (κ3) is 3.94.